The first-order valence-electron chi connectivity index (χ1n) is 5.57. The number of aldehydes is 1. The van der Waals surface area contributed by atoms with Crippen LogP contribution >= 0.6 is 0 Å². The summed E-state index contributed by atoms with van der Waals surface area (Å²) in [5.74, 6) is 2.81. The molecule has 1 unspecified atom stereocenters. The quantitative estimate of drug-likeness (QED) is 0.700. The van der Waals surface area contributed by atoms with E-state index in [0.29, 0.717) is 5.92 Å². The van der Waals surface area contributed by atoms with Gasteiger partial charge in [0, 0.05) is 25.3 Å². The van der Waals surface area contributed by atoms with E-state index in [9.17, 15) is 4.79 Å². The number of hydrogen-bond donors (Lipinski definition) is 0. The molecule has 0 amide bonds. The summed E-state index contributed by atoms with van der Waals surface area (Å²) in [6, 6.07) is 0. The van der Waals surface area contributed by atoms with Gasteiger partial charge in [0.25, 0.3) is 0 Å². The molecule has 0 spiro atoms. The Labute approximate surface area is 89.7 Å². The summed E-state index contributed by atoms with van der Waals surface area (Å²) in [7, 11) is 0. The fourth-order valence-corrected chi connectivity index (χ4v) is 2.04. The van der Waals surface area contributed by atoms with Crippen molar-refractivity contribution in [2.45, 2.75) is 39.7 Å². The van der Waals surface area contributed by atoms with E-state index < -0.39 is 0 Å². The van der Waals surface area contributed by atoms with Crippen LogP contribution in [0.3, 0.4) is 0 Å². The molecule has 1 aromatic rings. The minimum absolute atomic E-state index is 0.152. The maximum absolute atomic E-state index is 10.8. The zero-order valence-electron chi connectivity index (χ0n) is 9.31. The molecular formula is C11H17N3O. The maximum atomic E-state index is 10.8. The third-order valence-corrected chi connectivity index (χ3v) is 2.84. The van der Waals surface area contributed by atoms with Crippen molar-refractivity contribution < 1.29 is 4.79 Å². The van der Waals surface area contributed by atoms with E-state index >= 15 is 0 Å². The molecule has 0 radical (unpaired) electrons. The van der Waals surface area contributed by atoms with Crippen molar-refractivity contribution in [1.29, 1.82) is 0 Å². The molecule has 1 aliphatic rings. The van der Waals surface area contributed by atoms with Crippen molar-refractivity contribution in [3.05, 3.63) is 11.6 Å². The van der Waals surface area contributed by atoms with Crippen LogP contribution in [0.1, 0.15) is 31.9 Å². The fraction of sp³-hybridized carbons (Fsp3) is 0.727. The van der Waals surface area contributed by atoms with Gasteiger partial charge in [-0.15, -0.1) is 10.2 Å². The highest BCUT2D eigenvalue weighted by Gasteiger charge is 2.22. The van der Waals surface area contributed by atoms with Crippen molar-refractivity contribution in [3.63, 3.8) is 0 Å². The molecule has 82 valence electrons. The summed E-state index contributed by atoms with van der Waals surface area (Å²) in [4.78, 5) is 10.8. The molecule has 4 nitrogen and oxygen atoms in total. The van der Waals surface area contributed by atoms with Gasteiger partial charge in [-0.1, -0.05) is 13.8 Å². The molecule has 0 N–H and O–H groups in total. The first-order chi connectivity index (χ1) is 7.20. The Hall–Kier alpha value is -1.19. The molecule has 2 heterocycles. The third kappa shape index (κ3) is 2.08. The topological polar surface area (TPSA) is 47.8 Å². The lowest BCUT2D eigenvalue weighted by molar-refractivity contribution is -0.111. The molecule has 0 aromatic carbocycles. The number of aromatic nitrogens is 3. The van der Waals surface area contributed by atoms with Crippen LogP contribution in [0.15, 0.2) is 0 Å². The Morgan fingerprint density at radius 2 is 2.33 bits per heavy atom. The van der Waals surface area contributed by atoms with Gasteiger partial charge in [-0.2, -0.15) is 0 Å². The Morgan fingerprint density at radius 3 is 3.00 bits per heavy atom. The standard InChI is InChI=1S/C11H17N3O/c1-8(2)5-11-13-12-10-4-3-9(7-15)6-14(10)11/h7-9H,3-6H2,1-2H3. The van der Waals surface area contributed by atoms with Gasteiger partial charge in [-0.3, -0.25) is 0 Å². The molecule has 2 rings (SSSR count). The van der Waals surface area contributed by atoms with Gasteiger partial charge < -0.3 is 9.36 Å². The number of carbonyl (C=O) groups excluding carboxylic acids is 1. The highest BCUT2D eigenvalue weighted by molar-refractivity contribution is 5.53. The second-order valence-electron chi connectivity index (χ2n) is 4.68. The lowest BCUT2D eigenvalue weighted by Crippen LogP contribution is -2.23. The Bertz CT molecular complexity index is 357. The summed E-state index contributed by atoms with van der Waals surface area (Å²) >= 11 is 0. The molecule has 1 atom stereocenters. The zero-order chi connectivity index (χ0) is 10.8. The average molecular weight is 207 g/mol. The Balaban J connectivity index is 2.21. The summed E-state index contributed by atoms with van der Waals surface area (Å²) < 4.78 is 2.13. The van der Waals surface area contributed by atoms with Gasteiger partial charge in [-0.25, -0.2) is 0 Å². The highest BCUT2D eigenvalue weighted by Crippen LogP contribution is 2.19. The number of rotatable bonds is 3. The SMILES string of the molecule is CC(C)Cc1nnc2n1CC(C=O)CC2. The van der Waals surface area contributed by atoms with E-state index in [1.807, 2.05) is 0 Å². The fourth-order valence-electron chi connectivity index (χ4n) is 2.04. The predicted octanol–water partition coefficient (Wildman–Crippen LogP) is 1.24. The normalized spacial score (nSPS) is 20.3. The summed E-state index contributed by atoms with van der Waals surface area (Å²) in [5.41, 5.74) is 0. The molecule has 0 bridgehead atoms. The monoisotopic (exact) mass is 207 g/mol. The first kappa shape index (κ1) is 10.3. The van der Waals surface area contributed by atoms with E-state index in [4.69, 9.17) is 0 Å². The number of fused-ring (bicyclic) bond motifs is 1. The highest BCUT2D eigenvalue weighted by atomic mass is 16.1. The van der Waals surface area contributed by atoms with Crippen molar-refractivity contribution in [2.24, 2.45) is 11.8 Å². The van der Waals surface area contributed by atoms with Crippen LogP contribution in [-0.4, -0.2) is 21.1 Å². The summed E-state index contributed by atoms with van der Waals surface area (Å²) in [6.07, 6.45) is 3.80. The van der Waals surface area contributed by atoms with Crippen LogP contribution in [0.2, 0.25) is 0 Å². The third-order valence-electron chi connectivity index (χ3n) is 2.84. The summed E-state index contributed by atoms with van der Waals surface area (Å²) in [5, 5.41) is 8.38. The van der Waals surface area contributed by atoms with E-state index in [1.165, 1.54) is 0 Å². The van der Waals surface area contributed by atoms with Crippen LogP contribution in [-0.2, 0) is 24.2 Å². The minimum Gasteiger partial charge on any atom is -0.314 e. The molecule has 15 heavy (non-hydrogen) atoms. The number of carbonyl (C=O) groups is 1. The molecule has 4 heteroatoms. The van der Waals surface area contributed by atoms with Gasteiger partial charge >= 0.3 is 0 Å². The van der Waals surface area contributed by atoms with Crippen LogP contribution < -0.4 is 0 Å². The lowest BCUT2D eigenvalue weighted by atomic mass is 10.0. The van der Waals surface area contributed by atoms with Crippen molar-refractivity contribution in [2.75, 3.05) is 0 Å². The van der Waals surface area contributed by atoms with Crippen molar-refractivity contribution >= 4 is 6.29 Å². The predicted molar refractivity (Wildman–Crippen MR) is 56.4 cm³/mol. The van der Waals surface area contributed by atoms with Gasteiger partial charge in [-0.05, 0) is 12.3 Å². The molecule has 0 aliphatic carbocycles. The Morgan fingerprint density at radius 1 is 1.53 bits per heavy atom. The van der Waals surface area contributed by atoms with E-state index in [2.05, 4.69) is 28.6 Å². The van der Waals surface area contributed by atoms with Gasteiger partial charge in [0.05, 0.1) is 0 Å². The summed E-state index contributed by atoms with van der Waals surface area (Å²) in [6.45, 7) is 5.11. The van der Waals surface area contributed by atoms with Crippen LogP contribution in [0.4, 0.5) is 0 Å². The van der Waals surface area contributed by atoms with Gasteiger partial charge in [0.15, 0.2) is 0 Å². The van der Waals surface area contributed by atoms with E-state index in [1.54, 1.807) is 0 Å². The van der Waals surface area contributed by atoms with E-state index in [0.717, 1.165) is 43.7 Å². The maximum Gasteiger partial charge on any atom is 0.133 e. The molecule has 1 aliphatic heterocycles. The largest absolute Gasteiger partial charge is 0.314 e. The van der Waals surface area contributed by atoms with Crippen LogP contribution in [0.5, 0.6) is 0 Å². The zero-order valence-corrected chi connectivity index (χ0v) is 9.31. The second-order valence-corrected chi connectivity index (χ2v) is 4.68. The second kappa shape index (κ2) is 4.13. The average Bonchev–Trinajstić information content (AvgIpc) is 2.60. The van der Waals surface area contributed by atoms with Gasteiger partial charge in [0.1, 0.15) is 17.9 Å². The van der Waals surface area contributed by atoms with Gasteiger partial charge in [0.2, 0.25) is 0 Å². The number of nitrogens with zero attached hydrogens (tertiary/aromatic N) is 3. The molecule has 0 saturated heterocycles. The molecule has 1 aromatic heterocycles. The van der Waals surface area contributed by atoms with E-state index in [-0.39, 0.29) is 5.92 Å². The molecule has 0 saturated carbocycles. The number of hydrogen-bond acceptors (Lipinski definition) is 3. The first-order valence-corrected chi connectivity index (χ1v) is 5.57. The van der Waals surface area contributed by atoms with Crippen molar-refractivity contribution in [1.82, 2.24) is 14.8 Å². The lowest BCUT2D eigenvalue weighted by Gasteiger charge is -2.20. The van der Waals surface area contributed by atoms with Crippen LogP contribution in [0.25, 0.3) is 0 Å². The molecular weight excluding hydrogens is 190 g/mol. The smallest absolute Gasteiger partial charge is 0.133 e. The minimum atomic E-state index is 0.152. The number of aryl methyl sites for hydroxylation is 1. The van der Waals surface area contributed by atoms with Crippen LogP contribution in [0, 0.1) is 11.8 Å². The van der Waals surface area contributed by atoms with Crippen molar-refractivity contribution in [3.8, 4) is 0 Å². The Kier molecular flexibility index (Phi) is 2.84. The molecule has 0 fully saturated rings.